The van der Waals surface area contributed by atoms with E-state index >= 15 is 0 Å². The number of methoxy groups -OCH3 is 1. The van der Waals surface area contributed by atoms with Gasteiger partial charge in [-0.3, -0.25) is 0 Å². The molecule has 1 rings (SSSR count). The molecule has 2 N–H and O–H groups in total. The maximum atomic E-state index is 5.45. The monoisotopic (exact) mass is 167 g/mol. The molecule has 12 heavy (non-hydrogen) atoms. The molecule has 0 amide bonds. The third-order valence-electron chi connectivity index (χ3n) is 2.32. The van der Waals surface area contributed by atoms with Crippen molar-refractivity contribution in [2.24, 2.45) is 5.73 Å². The Morgan fingerprint density at radius 1 is 1.67 bits per heavy atom. The molecule has 0 spiro atoms. The highest BCUT2D eigenvalue weighted by Gasteiger charge is 2.20. The summed E-state index contributed by atoms with van der Waals surface area (Å²) in [5.41, 5.74) is 6.68. The maximum Gasteiger partial charge on any atom is 0.0868 e. The van der Waals surface area contributed by atoms with Crippen LogP contribution in [0.1, 0.15) is 19.8 Å². The molecule has 1 aliphatic carbocycles. The summed E-state index contributed by atoms with van der Waals surface area (Å²) >= 11 is 0. The van der Waals surface area contributed by atoms with Crippen LogP contribution in [0.5, 0.6) is 0 Å². The van der Waals surface area contributed by atoms with Crippen molar-refractivity contribution in [1.29, 1.82) is 0 Å². The minimum absolute atomic E-state index is 0.0991. The predicted octanol–water partition coefficient (Wildman–Crippen LogP) is 1.63. The molecule has 0 saturated heterocycles. The fourth-order valence-electron chi connectivity index (χ4n) is 1.26. The Morgan fingerprint density at radius 2 is 2.42 bits per heavy atom. The molecule has 0 heterocycles. The Kier molecular flexibility index (Phi) is 3.06. The molecule has 0 bridgehead atoms. The van der Waals surface area contributed by atoms with Crippen LogP contribution < -0.4 is 5.73 Å². The smallest absolute Gasteiger partial charge is 0.0868 e. The van der Waals surface area contributed by atoms with Crippen molar-refractivity contribution in [3.05, 3.63) is 23.8 Å². The fraction of sp³-hybridized carbons (Fsp3) is 0.600. The highest BCUT2D eigenvalue weighted by atomic mass is 16.5. The van der Waals surface area contributed by atoms with Gasteiger partial charge in [-0.2, -0.15) is 0 Å². The molecule has 2 heteroatoms. The van der Waals surface area contributed by atoms with Crippen molar-refractivity contribution in [3.8, 4) is 0 Å². The second-order valence-electron chi connectivity index (χ2n) is 3.37. The lowest BCUT2D eigenvalue weighted by atomic mass is 9.93. The van der Waals surface area contributed by atoms with Gasteiger partial charge in [-0.05, 0) is 26.3 Å². The average molecular weight is 167 g/mol. The molecule has 0 aliphatic heterocycles. The molecule has 68 valence electrons. The second kappa shape index (κ2) is 3.87. The normalized spacial score (nSPS) is 28.8. The molecule has 0 aromatic heterocycles. The number of hydrogen-bond acceptors (Lipinski definition) is 2. The van der Waals surface area contributed by atoms with Crippen LogP contribution >= 0.6 is 0 Å². The molecule has 1 atom stereocenters. The number of hydrogen-bond donors (Lipinski definition) is 1. The number of rotatable bonds is 3. The van der Waals surface area contributed by atoms with Gasteiger partial charge in [0.05, 0.1) is 5.60 Å². The van der Waals surface area contributed by atoms with Gasteiger partial charge in [0.25, 0.3) is 0 Å². The number of allylic oxidation sites excluding steroid dienone is 1. The topological polar surface area (TPSA) is 35.2 Å². The second-order valence-corrected chi connectivity index (χ2v) is 3.37. The van der Waals surface area contributed by atoms with Crippen LogP contribution in [-0.4, -0.2) is 19.3 Å². The van der Waals surface area contributed by atoms with Gasteiger partial charge >= 0.3 is 0 Å². The Morgan fingerprint density at radius 3 is 2.83 bits per heavy atom. The van der Waals surface area contributed by atoms with Gasteiger partial charge in [-0.25, -0.2) is 0 Å². The van der Waals surface area contributed by atoms with Crippen LogP contribution in [-0.2, 0) is 4.74 Å². The molecule has 0 radical (unpaired) electrons. The summed E-state index contributed by atoms with van der Waals surface area (Å²) in [4.78, 5) is 0. The number of nitrogens with two attached hydrogens (primary N) is 1. The number of ether oxygens (including phenoxy) is 1. The lowest BCUT2D eigenvalue weighted by molar-refractivity contribution is 0.0502. The van der Waals surface area contributed by atoms with Crippen molar-refractivity contribution in [1.82, 2.24) is 0 Å². The molecule has 0 aromatic rings. The van der Waals surface area contributed by atoms with Crippen molar-refractivity contribution in [2.45, 2.75) is 25.4 Å². The summed E-state index contributed by atoms with van der Waals surface area (Å²) in [5, 5.41) is 0. The largest absolute Gasteiger partial charge is 0.374 e. The molecular formula is C10H17NO. The van der Waals surface area contributed by atoms with Gasteiger partial charge in [0.15, 0.2) is 0 Å². The van der Waals surface area contributed by atoms with Crippen LogP contribution in [0.4, 0.5) is 0 Å². The molecular weight excluding hydrogens is 150 g/mol. The van der Waals surface area contributed by atoms with E-state index in [-0.39, 0.29) is 5.60 Å². The third-order valence-corrected chi connectivity index (χ3v) is 2.32. The van der Waals surface area contributed by atoms with E-state index in [0.717, 1.165) is 19.4 Å². The Hall–Kier alpha value is -0.600. The summed E-state index contributed by atoms with van der Waals surface area (Å²) in [6.45, 7) is 2.80. The first-order valence-corrected chi connectivity index (χ1v) is 4.34. The first-order valence-electron chi connectivity index (χ1n) is 4.34. The van der Waals surface area contributed by atoms with E-state index < -0.39 is 0 Å². The fourth-order valence-corrected chi connectivity index (χ4v) is 1.26. The van der Waals surface area contributed by atoms with E-state index in [0.29, 0.717) is 0 Å². The molecule has 0 saturated carbocycles. The van der Waals surface area contributed by atoms with E-state index in [2.05, 4.69) is 25.2 Å². The molecule has 1 aliphatic rings. The van der Waals surface area contributed by atoms with Gasteiger partial charge in [-0.1, -0.05) is 23.8 Å². The lowest BCUT2D eigenvalue weighted by Gasteiger charge is -2.26. The van der Waals surface area contributed by atoms with Gasteiger partial charge in [0, 0.05) is 7.11 Å². The minimum Gasteiger partial charge on any atom is -0.374 e. The van der Waals surface area contributed by atoms with Crippen molar-refractivity contribution in [2.75, 3.05) is 13.7 Å². The summed E-state index contributed by atoms with van der Waals surface area (Å²) in [7, 11) is 1.74. The first-order chi connectivity index (χ1) is 5.70. The van der Waals surface area contributed by atoms with Crippen LogP contribution in [0.25, 0.3) is 0 Å². The summed E-state index contributed by atoms with van der Waals surface area (Å²) in [6.07, 6.45) is 8.35. The van der Waals surface area contributed by atoms with E-state index in [1.54, 1.807) is 7.11 Å². The van der Waals surface area contributed by atoms with E-state index in [9.17, 15) is 0 Å². The van der Waals surface area contributed by atoms with Crippen LogP contribution in [0.15, 0.2) is 23.8 Å². The van der Waals surface area contributed by atoms with Crippen molar-refractivity contribution in [3.63, 3.8) is 0 Å². The van der Waals surface area contributed by atoms with E-state index in [4.69, 9.17) is 10.5 Å². The average Bonchev–Trinajstić information content (AvgIpc) is 2.10. The van der Waals surface area contributed by atoms with Crippen molar-refractivity contribution >= 4 is 0 Å². The predicted molar refractivity (Wildman–Crippen MR) is 50.9 cm³/mol. The maximum absolute atomic E-state index is 5.45. The quantitative estimate of drug-likeness (QED) is 0.693. The van der Waals surface area contributed by atoms with Gasteiger partial charge in [-0.15, -0.1) is 0 Å². The standard InChI is InChI=1S/C10H17NO/c1-10(12-2)6-3-9(4-7-10)5-8-11/h3-4,6H,5,7-8,11H2,1-2H3. The van der Waals surface area contributed by atoms with E-state index in [1.807, 2.05) is 0 Å². The van der Waals surface area contributed by atoms with Gasteiger partial charge in [0.1, 0.15) is 0 Å². The van der Waals surface area contributed by atoms with Crippen molar-refractivity contribution < 1.29 is 4.74 Å². The highest BCUT2D eigenvalue weighted by Crippen LogP contribution is 2.24. The molecule has 1 unspecified atom stereocenters. The molecule has 0 fully saturated rings. The molecule has 2 nitrogen and oxygen atoms in total. The summed E-state index contributed by atoms with van der Waals surface area (Å²) in [5.74, 6) is 0. The SMILES string of the molecule is COC1(C)C=CC(CCN)=CC1. The first kappa shape index (κ1) is 9.49. The van der Waals surface area contributed by atoms with E-state index in [1.165, 1.54) is 5.57 Å². The summed E-state index contributed by atoms with van der Waals surface area (Å²) < 4.78 is 5.34. The van der Waals surface area contributed by atoms with Crippen LogP contribution in [0.2, 0.25) is 0 Å². The molecule has 0 aromatic carbocycles. The van der Waals surface area contributed by atoms with Crippen LogP contribution in [0.3, 0.4) is 0 Å². The van der Waals surface area contributed by atoms with Crippen LogP contribution in [0, 0.1) is 0 Å². The van der Waals surface area contributed by atoms with Gasteiger partial charge < -0.3 is 10.5 Å². The highest BCUT2D eigenvalue weighted by molar-refractivity contribution is 5.27. The Bertz CT molecular complexity index is 208. The Balaban J connectivity index is 2.55. The third kappa shape index (κ3) is 2.19. The zero-order chi connectivity index (χ0) is 9.03. The zero-order valence-electron chi connectivity index (χ0n) is 7.84. The minimum atomic E-state index is -0.0991. The Labute approximate surface area is 74.1 Å². The summed E-state index contributed by atoms with van der Waals surface area (Å²) in [6, 6.07) is 0. The lowest BCUT2D eigenvalue weighted by Crippen LogP contribution is -2.25. The zero-order valence-corrected chi connectivity index (χ0v) is 7.84. The van der Waals surface area contributed by atoms with Gasteiger partial charge in [0.2, 0.25) is 0 Å².